The zero-order valence-corrected chi connectivity index (χ0v) is 10.2. The summed E-state index contributed by atoms with van der Waals surface area (Å²) in [5.41, 5.74) is -0.392. The number of morpholine rings is 1. The average molecular weight is 237 g/mol. The third-order valence-electron chi connectivity index (χ3n) is 3.75. The number of amides is 1. The van der Waals surface area contributed by atoms with Crippen molar-refractivity contribution in [2.45, 2.75) is 37.8 Å². The fourth-order valence-corrected chi connectivity index (χ4v) is 2.66. The van der Waals surface area contributed by atoms with Gasteiger partial charge in [0.25, 0.3) is 0 Å². The maximum Gasteiger partial charge on any atom is 0.243 e. The van der Waals surface area contributed by atoms with Crippen molar-refractivity contribution >= 4 is 5.91 Å². The summed E-state index contributed by atoms with van der Waals surface area (Å²) in [7, 11) is 0. The highest BCUT2D eigenvalue weighted by Crippen LogP contribution is 2.26. The number of carbonyl (C=O) groups excluding carboxylic acids is 1. The predicted molar refractivity (Wildman–Crippen MR) is 62.2 cm³/mol. The van der Waals surface area contributed by atoms with Crippen LogP contribution in [-0.4, -0.2) is 48.7 Å². The van der Waals surface area contributed by atoms with Crippen molar-refractivity contribution < 1.29 is 9.53 Å². The Morgan fingerprint density at radius 2 is 2.53 bits per heavy atom. The minimum Gasteiger partial charge on any atom is -0.360 e. The Morgan fingerprint density at radius 1 is 1.71 bits per heavy atom. The summed E-state index contributed by atoms with van der Waals surface area (Å²) in [6.07, 6.45) is 2.28. The summed E-state index contributed by atoms with van der Waals surface area (Å²) in [4.78, 5) is 14.3. The Morgan fingerprint density at radius 3 is 3.12 bits per heavy atom. The van der Waals surface area contributed by atoms with Crippen molar-refractivity contribution in [1.82, 2.24) is 10.2 Å². The molecule has 2 atom stereocenters. The molecule has 0 saturated carbocycles. The van der Waals surface area contributed by atoms with E-state index >= 15 is 0 Å². The minimum absolute atomic E-state index is 0.140. The molecule has 94 valence electrons. The Hall–Kier alpha value is -1.12. The first-order chi connectivity index (χ1) is 8.22. The molecular weight excluding hydrogens is 218 g/mol. The molecule has 1 amide bonds. The lowest BCUT2D eigenvalue weighted by Crippen LogP contribution is -2.58. The van der Waals surface area contributed by atoms with Crippen molar-refractivity contribution in [3.63, 3.8) is 0 Å². The molecule has 0 aromatic carbocycles. The minimum atomic E-state index is -0.469. The Balaban J connectivity index is 2.06. The third kappa shape index (κ3) is 2.28. The van der Waals surface area contributed by atoms with Gasteiger partial charge < -0.3 is 15.0 Å². The molecule has 5 heteroatoms. The second-order valence-electron chi connectivity index (χ2n) is 4.71. The lowest BCUT2D eigenvalue weighted by atomic mass is 9.92. The van der Waals surface area contributed by atoms with Gasteiger partial charge in [0, 0.05) is 6.54 Å². The van der Waals surface area contributed by atoms with Crippen LogP contribution in [0, 0.1) is 11.3 Å². The molecular formula is C12H19N3O2. The number of hydrogen-bond donors (Lipinski definition) is 1. The highest BCUT2D eigenvalue weighted by atomic mass is 16.5. The van der Waals surface area contributed by atoms with Crippen LogP contribution in [0.15, 0.2) is 0 Å². The van der Waals surface area contributed by atoms with E-state index in [0.717, 1.165) is 25.8 Å². The summed E-state index contributed by atoms with van der Waals surface area (Å²) in [6, 6.07) is 2.07. The van der Waals surface area contributed by atoms with Gasteiger partial charge in [-0.15, -0.1) is 0 Å². The molecule has 0 aromatic heterocycles. The largest absolute Gasteiger partial charge is 0.360 e. The summed E-state index contributed by atoms with van der Waals surface area (Å²) < 4.78 is 5.26. The van der Waals surface area contributed by atoms with Crippen LogP contribution < -0.4 is 5.32 Å². The number of nitrogens with one attached hydrogen (secondary N) is 1. The maximum atomic E-state index is 12.5. The Bertz CT molecular complexity index is 331. The number of nitrogens with zero attached hydrogens (tertiary/aromatic N) is 2. The topological polar surface area (TPSA) is 65.4 Å². The van der Waals surface area contributed by atoms with E-state index in [4.69, 9.17) is 10.00 Å². The molecule has 2 fully saturated rings. The molecule has 0 spiro atoms. The molecule has 0 radical (unpaired) electrons. The van der Waals surface area contributed by atoms with Crippen LogP contribution in [0.2, 0.25) is 0 Å². The van der Waals surface area contributed by atoms with E-state index in [1.165, 1.54) is 0 Å². The standard InChI is InChI=1S/C12H19N3O2/c1-2-12(4-3-5-14-12)11(16)15-6-7-17-10(8-13)9-15/h10,14H,2-7,9H2,1H3. The van der Waals surface area contributed by atoms with E-state index in [1.807, 2.05) is 6.92 Å². The van der Waals surface area contributed by atoms with Gasteiger partial charge >= 0.3 is 0 Å². The van der Waals surface area contributed by atoms with Gasteiger partial charge in [-0.25, -0.2) is 0 Å². The highest BCUT2D eigenvalue weighted by molar-refractivity contribution is 5.86. The lowest BCUT2D eigenvalue weighted by molar-refractivity contribution is -0.143. The lowest BCUT2D eigenvalue weighted by Gasteiger charge is -2.37. The molecule has 2 heterocycles. The fourth-order valence-electron chi connectivity index (χ4n) is 2.66. The molecule has 2 rings (SSSR count). The maximum absolute atomic E-state index is 12.5. The molecule has 2 aliphatic heterocycles. The summed E-state index contributed by atoms with van der Waals surface area (Å²) in [5.74, 6) is 0.140. The van der Waals surface area contributed by atoms with Crippen LogP contribution in [0.25, 0.3) is 0 Å². The molecule has 2 aliphatic rings. The van der Waals surface area contributed by atoms with Crippen molar-refractivity contribution in [2.24, 2.45) is 0 Å². The SMILES string of the molecule is CCC1(C(=O)N2CCOC(C#N)C2)CCCN1. The third-order valence-corrected chi connectivity index (χ3v) is 3.75. The fraction of sp³-hybridized carbons (Fsp3) is 0.833. The first-order valence-electron chi connectivity index (χ1n) is 6.27. The summed E-state index contributed by atoms with van der Waals surface area (Å²) >= 11 is 0. The summed E-state index contributed by atoms with van der Waals surface area (Å²) in [6.45, 7) is 4.41. The molecule has 0 aromatic rings. The van der Waals surface area contributed by atoms with E-state index in [0.29, 0.717) is 19.7 Å². The van der Waals surface area contributed by atoms with Crippen LogP contribution in [0.1, 0.15) is 26.2 Å². The van der Waals surface area contributed by atoms with E-state index in [-0.39, 0.29) is 5.91 Å². The van der Waals surface area contributed by atoms with Crippen LogP contribution >= 0.6 is 0 Å². The molecule has 17 heavy (non-hydrogen) atoms. The normalized spacial score (nSPS) is 33.4. The monoisotopic (exact) mass is 237 g/mol. The van der Waals surface area contributed by atoms with Crippen molar-refractivity contribution in [3.05, 3.63) is 0 Å². The van der Waals surface area contributed by atoms with Gasteiger partial charge in [0.2, 0.25) is 5.91 Å². The van der Waals surface area contributed by atoms with Crippen molar-refractivity contribution in [3.8, 4) is 6.07 Å². The first kappa shape index (κ1) is 12.3. The Labute approximate surface area is 102 Å². The summed E-state index contributed by atoms with van der Waals surface area (Å²) in [5, 5.41) is 12.2. The Kier molecular flexibility index (Phi) is 3.65. The highest BCUT2D eigenvalue weighted by Gasteiger charge is 2.42. The predicted octanol–water partition coefficient (Wildman–Crippen LogP) is 0.270. The van der Waals surface area contributed by atoms with Crippen LogP contribution in [0.4, 0.5) is 0 Å². The van der Waals surface area contributed by atoms with Crippen LogP contribution in [-0.2, 0) is 9.53 Å². The smallest absolute Gasteiger partial charge is 0.243 e. The van der Waals surface area contributed by atoms with Crippen LogP contribution in [0.5, 0.6) is 0 Å². The van der Waals surface area contributed by atoms with Crippen molar-refractivity contribution in [2.75, 3.05) is 26.2 Å². The molecule has 1 N–H and O–H groups in total. The van der Waals surface area contributed by atoms with Crippen LogP contribution in [0.3, 0.4) is 0 Å². The van der Waals surface area contributed by atoms with Gasteiger partial charge in [-0.3, -0.25) is 4.79 Å². The number of rotatable bonds is 2. The van der Waals surface area contributed by atoms with Crippen molar-refractivity contribution in [1.29, 1.82) is 5.26 Å². The molecule has 0 aliphatic carbocycles. The number of hydrogen-bond acceptors (Lipinski definition) is 4. The molecule has 0 bridgehead atoms. The zero-order valence-electron chi connectivity index (χ0n) is 10.2. The van der Waals surface area contributed by atoms with Gasteiger partial charge in [0.1, 0.15) is 0 Å². The van der Waals surface area contributed by atoms with E-state index in [1.54, 1.807) is 4.90 Å². The molecule has 2 unspecified atom stereocenters. The van der Waals surface area contributed by atoms with E-state index in [9.17, 15) is 4.79 Å². The quantitative estimate of drug-likeness (QED) is 0.748. The first-order valence-corrected chi connectivity index (χ1v) is 6.27. The number of ether oxygens (including phenoxy) is 1. The molecule has 2 saturated heterocycles. The average Bonchev–Trinajstić information content (AvgIpc) is 2.88. The van der Waals surface area contributed by atoms with E-state index < -0.39 is 11.6 Å². The van der Waals surface area contributed by atoms with Gasteiger partial charge in [0.15, 0.2) is 6.10 Å². The number of nitriles is 1. The molecule has 5 nitrogen and oxygen atoms in total. The van der Waals surface area contributed by atoms with Gasteiger partial charge in [-0.1, -0.05) is 6.92 Å². The second kappa shape index (κ2) is 5.03. The number of carbonyl (C=O) groups is 1. The zero-order chi connectivity index (χ0) is 12.3. The van der Waals surface area contributed by atoms with E-state index in [2.05, 4.69) is 11.4 Å². The van der Waals surface area contributed by atoms with Gasteiger partial charge in [-0.05, 0) is 25.8 Å². The van der Waals surface area contributed by atoms with Gasteiger partial charge in [0.05, 0.1) is 24.8 Å². The second-order valence-corrected chi connectivity index (χ2v) is 4.71. The van der Waals surface area contributed by atoms with Gasteiger partial charge in [-0.2, -0.15) is 5.26 Å².